The molecule has 98 valence electrons. The van der Waals surface area contributed by atoms with Gasteiger partial charge in [-0.3, -0.25) is 0 Å². The third kappa shape index (κ3) is 2.67. The molecule has 1 aliphatic rings. The molecule has 0 bridgehead atoms. The molecule has 5 nitrogen and oxygen atoms in total. The first-order chi connectivity index (χ1) is 8.77. The third-order valence-corrected chi connectivity index (χ3v) is 3.03. The molecule has 0 aromatic heterocycles. The SMILES string of the molecule is CNCCCOc1cccc2c1B(O)O[C@@H]2CN. The monoisotopic (exact) mass is 250 g/mol. The maximum absolute atomic E-state index is 9.90. The zero-order valence-electron chi connectivity index (χ0n) is 10.6. The largest absolute Gasteiger partial charge is 0.495 e. The topological polar surface area (TPSA) is 76.7 Å². The molecular weight excluding hydrogens is 231 g/mol. The lowest BCUT2D eigenvalue weighted by atomic mass is 9.78. The van der Waals surface area contributed by atoms with Crippen LogP contribution < -0.4 is 21.3 Å². The normalized spacial score (nSPS) is 17.9. The second kappa shape index (κ2) is 6.20. The lowest BCUT2D eigenvalue weighted by Gasteiger charge is -2.11. The van der Waals surface area contributed by atoms with Crippen LogP contribution in [0.15, 0.2) is 18.2 Å². The van der Waals surface area contributed by atoms with Crippen molar-refractivity contribution in [3.63, 3.8) is 0 Å². The van der Waals surface area contributed by atoms with Gasteiger partial charge in [0.1, 0.15) is 5.75 Å². The minimum Gasteiger partial charge on any atom is -0.494 e. The van der Waals surface area contributed by atoms with Crippen LogP contribution in [0.1, 0.15) is 18.1 Å². The Balaban J connectivity index is 2.10. The zero-order valence-corrected chi connectivity index (χ0v) is 10.6. The van der Waals surface area contributed by atoms with Crippen molar-refractivity contribution in [3.8, 4) is 5.75 Å². The van der Waals surface area contributed by atoms with Gasteiger partial charge >= 0.3 is 7.12 Å². The van der Waals surface area contributed by atoms with Crippen LogP contribution in [0.2, 0.25) is 0 Å². The number of hydrogen-bond donors (Lipinski definition) is 3. The van der Waals surface area contributed by atoms with Gasteiger partial charge in [0, 0.05) is 12.0 Å². The molecular formula is C12H19BN2O3. The first kappa shape index (κ1) is 13.4. The van der Waals surface area contributed by atoms with Gasteiger partial charge in [-0.2, -0.15) is 0 Å². The van der Waals surface area contributed by atoms with E-state index < -0.39 is 7.12 Å². The summed E-state index contributed by atoms with van der Waals surface area (Å²) in [5.41, 5.74) is 7.26. The highest BCUT2D eigenvalue weighted by molar-refractivity contribution is 6.62. The summed E-state index contributed by atoms with van der Waals surface area (Å²) in [5.74, 6) is 0.687. The lowest BCUT2D eigenvalue weighted by Crippen LogP contribution is -2.30. The molecule has 1 aliphatic heterocycles. The Morgan fingerprint density at radius 1 is 1.56 bits per heavy atom. The van der Waals surface area contributed by atoms with E-state index in [0.717, 1.165) is 24.0 Å². The van der Waals surface area contributed by atoms with E-state index in [1.807, 2.05) is 25.2 Å². The molecule has 0 amide bonds. The summed E-state index contributed by atoms with van der Waals surface area (Å²) in [5, 5.41) is 13.0. The summed E-state index contributed by atoms with van der Waals surface area (Å²) >= 11 is 0. The van der Waals surface area contributed by atoms with Gasteiger partial charge in [0.05, 0.1) is 12.7 Å². The molecule has 1 aromatic carbocycles. The molecule has 0 spiro atoms. The Labute approximate surface area is 107 Å². The average Bonchev–Trinajstić information content (AvgIpc) is 2.72. The van der Waals surface area contributed by atoms with Gasteiger partial charge in [0.25, 0.3) is 0 Å². The second-order valence-corrected chi connectivity index (χ2v) is 4.28. The summed E-state index contributed by atoms with van der Waals surface area (Å²) < 4.78 is 11.1. The number of fused-ring (bicyclic) bond motifs is 1. The fourth-order valence-electron chi connectivity index (χ4n) is 2.14. The molecule has 2 rings (SSSR count). The number of benzene rings is 1. The molecule has 4 N–H and O–H groups in total. The van der Waals surface area contributed by atoms with Crippen LogP contribution >= 0.6 is 0 Å². The Hall–Kier alpha value is -1.08. The molecule has 0 saturated heterocycles. The number of nitrogens with one attached hydrogen (secondary N) is 1. The number of hydrogen-bond acceptors (Lipinski definition) is 5. The molecule has 6 heteroatoms. The van der Waals surface area contributed by atoms with E-state index in [1.165, 1.54) is 0 Å². The molecule has 0 unspecified atom stereocenters. The molecule has 1 atom stereocenters. The number of nitrogens with two attached hydrogens (primary N) is 1. The highest BCUT2D eigenvalue weighted by Crippen LogP contribution is 2.26. The highest BCUT2D eigenvalue weighted by atomic mass is 16.5. The van der Waals surface area contributed by atoms with Gasteiger partial charge in [0.2, 0.25) is 0 Å². The highest BCUT2D eigenvalue weighted by Gasteiger charge is 2.37. The molecule has 1 heterocycles. The summed E-state index contributed by atoms with van der Waals surface area (Å²) in [4.78, 5) is 0. The number of ether oxygens (including phenoxy) is 1. The van der Waals surface area contributed by atoms with Crippen LogP contribution in [0.4, 0.5) is 0 Å². The fraction of sp³-hybridized carbons (Fsp3) is 0.500. The van der Waals surface area contributed by atoms with Gasteiger partial charge < -0.3 is 25.5 Å². The van der Waals surface area contributed by atoms with E-state index in [-0.39, 0.29) is 6.10 Å². The van der Waals surface area contributed by atoms with Crippen molar-refractivity contribution in [2.45, 2.75) is 12.5 Å². The van der Waals surface area contributed by atoms with Crippen molar-refractivity contribution < 1.29 is 14.4 Å². The van der Waals surface area contributed by atoms with Crippen molar-refractivity contribution in [1.82, 2.24) is 5.32 Å². The van der Waals surface area contributed by atoms with E-state index in [4.69, 9.17) is 15.1 Å². The first-order valence-corrected chi connectivity index (χ1v) is 6.21. The lowest BCUT2D eigenvalue weighted by molar-refractivity contribution is 0.198. The van der Waals surface area contributed by atoms with E-state index >= 15 is 0 Å². The quantitative estimate of drug-likeness (QED) is 0.464. The maximum Gasteiger partial charge on any atom is 0.495 e. The zero-order chi connectivity index (χ0) is 13.0. The van der Waals surface area contributed by atoms with E-state index in [0.29, 0.717) is 18.9 Å². The minimum atomic E-state index is -0.936. The molecule has 0 aliphatic carbocycles. The van der Waals surface area contributed by atoms with Crippen molar-refractivity contribution in [3.05, 3.63) is 23.8 Å². The van der Waals surface area contributed by atoms with Crippen molar-refractivity contribution in [2.75, 3.05) is 26.7 Å². The number of rotatable bonds is 6. The third-order valence-electron chi connectivity index (χ3n) is 3.03. The van der Waals surface area contributed by atoms with Crippen molar-refractivity contribution in [1.29, 1.82) is 0 Å². The Morgan fingerprint density at radius 3 is 3.11 bits per heavy atom. The van der Waals surface area contributed by atoms with Crippen molar-refractivity contribution in [2.24, 2.45) is 5.73 Å². The van der Waals surface area contributed by atoms with Crippen molar-refractivity contribution >= 4 is 12.6 Å². The Kier molecular flexibility index (Phi) is 4.60. The Morgan fingerprint density at radius 2 is 2.39 bits per heavy atom. The summed E-state index contributed by atoms with van der Waals surface area (Å²) in [7, 11) is 0.970. The van der Waals surface area contributed by atoms with Crippen LogP contribution in [-0.4, -0.2) is 38.9 Å². The van der Waals surface area contributed by atoms with Crippen LogP contribution in [0, 0.1) is 0 Å². The summed E-state index contributed by atoms with van der Waals surface area (Å²) in [6.07, 6.45) is 0.674. The summed E-state index contributed by atoms with van der Waals surface area (Å²) in [6, 6.07) is 5.67. The fourth-order valence-corrected chi connectivity index (χ4v) is 2.14. The predicted octanol–water partition coefficient (Wildman–Crippen LogP) is -0.608. The van der Waals surface area contributed by atoms with Crippen LogP contribution in [0.3, 0.4) is 0 Å². The van der Waals surface area contributed by atoms with E-state index in [2.05, 4.69) is 5.32 Å². The average molecular weight is 250 g/mol. The second-order valence-electron chi connectivity index (χ2n) is 4.28. The maximum atomic E-state index is 9.90. The van der Waals surface area contributed by atoms with Gasteiger partial charge in [0.15, 0.2) is 0 Å². The predicted molar refractivity (Wildman–Crippen MR) is 71.0 cm³/mol. The molecule has 0 radical (unpaired) electrons. The molecule has 0 saturated carbocycles. The van der Waals surface area contributed by atoms with Crippen LogP contribution in [0.25, 0.3) is 0 Å². The van der Waals surface area contributed by atoms with Gasteiger partial charge in [-0.25, -0.2) is 0 Å². The minimum absolute atomic E-state index is 0.240. The van der Waals surface area contributed by atoms with E-state index in [9.17, 15) is 5.02 Å². The van der Waals surface area contributed by atoms with E-state index in [1.54, 1.807) is 0 Å². The van der Waals surface area contributed by atoms with Gasteiger partial charge in [-0.05, 0) is 31.6 Å². The van der Waals surface area contributed by atoms with Crippen LogP contribution in [-0.2, 0) is 4.65 Å². The molecule has 18 heavy (non-hydrogen) atoms. The van der Waals surface area contributed by atoms with Gasteiger partial charge in [-0.15, -0.1) is 0 Å². The molecule has 0 fully saturated rings. The first-order valence-electron chi connectivity index (χ1n) is 6.21. The smallest absolute Gasteiger partial charge is 0.494 e. The van der Waals surface area contributed by atoms with Crippen LogP contribution in [0.5, 0.6) is 5.75 Å². The summed E-state index contributed by atoms with van der Waals surface area (Å²) in [6.45, 7) is 1.87. The Bertz CT molecular complexity index is 403. The van der Waals surface area contributed by atoms with Gasteiger partial charge in [-0.1, -0.05) is 12.1 Å². The molecule has 1 aromatic rings. The standard InChI is InChI=1S/C12H19BN2O3/c1-15-6-3-7-17-10-5-2-4-9-11(8-14)18-13(16)12(9)10/h2,4-5,11,15-16H,3,6-8,14H2,1H3/t11-/m1/s1.